The Morgan fingerprint density at radius 3 is 2.46 bits per heavy atom. The van der Waals surface area contributed by atoms with Crippen LogP contribution in [-0.2, 0) is 25.7 Å². The fourth-order valence-corrected chi connectivity index (χ4v) is 2.15. The Morgan fingerprint density at radius 1 is 1.14 bits per heavy atom. The summed E-state index contributed by atoms with van der Waals surface area (Å²) >= 11 is 0. The van der Waals surface area contributed by atoms with Gasteiger partial charge in [0.1, 0.15) is 12.4 Å². The third kappa shape index (κ3) is 7.94. The SMILES string of the molecule is CCOC(=O)CCCCCOc1c(C=O)oc(COC(=O)C(C)(C)C)cc1=O. The molecule has 8 nitrogen and oxygen atoms in total. The zero-order valence-corrected chi connectivity index (χ0v) is 16.9. The molecule has 156 valence electrons. The van der Waals surface area contributed by atoms with Gasteiger partial charge in [-0.15, -0.1) is 0 Å². The molecule has 0 bridgehead atoms. The summed E-state index contributed by atoms with van der Waals surface area (Å²) in [5.41, 5.74) is -1.22. The van der Waals surface area contributed by atoms with Crippen molar-refractivity contribution in [1.29, 1.82) is 0 Å². The van der Waals surface area contributed by atoms with Crippen molar-refractivity contribution >= 4 is 18.2 Å². The number of hydrogen-bond acceptors (Lipinski definition) is 8. The maximum Gasteiger partial charge on any atom is 0.311 e. The van der Waals surface area contributed by atoms with E-state index >= 15 is 0 Å². The summed E-state index contributed by atoms with van der Waals surface area (Å²) in [6.45, 7) is 7.16. The van der Waals surface area contributed by atoms with Crippen molar-refractivity contribution < 1.29 is 33.0 Å². The molecule has 0 spiro atoms. The van der Waals surface area contributed by atoms with E-state index in [1.54, 1.807) is 27.7 Å². The molecule has 0 aliphatic carbocycles. The maximum atomic E-state index is 12.2. The molecule has 1 heterocycles. The Morgan fingerprint density at radius 2 is 1.86 bits per heavy atom. The molecular formula is C20H28O8. The van der Waals surface area contributed by atoms with Gasteiger partial charge >= 0.3 is 11.9 Å². The second-order valence-corrected chi connectivity index (χ2v) is 7.18. The summed E-state index contributed by atoms with van der Waals surface area (Å²) in [7, 11) is 0. The zero-order valence-electron chi connectivity index (χ0n) is 16.9. The van der Waals surface area contributed by atoms with Crippen molar-refractivity contribution in [3.05, 3.63) is 27.8 Å². The molecule has 0 saturated heterocycles. The largest absolute Gasteiger partial charge is 0.486 e. The lowest BCUT2D eigenvalue weighted by Gasteiger charge is -2.16. The van der Waals surface area contributed by atoms with Gasteiger partial charge in [-0.2, -0.15) is 0 Å². The molecule has 28 heavy (non-hydrogen) atoms. The summed E-state index contributed by atoms with van der Waals surface area (Å²) in [4.78, 5) is 46.4. The first kappa shape index (κ1) is 23.4. The Bertz CT molecular complexity index is 727. The van der Waals surface area contributed by atoms with Crippen molar-refractivity contribution in [1.82, 2.24) is 0 Å². The molecular weight excluding hydrogens is 368 g/mol. The van der Waals surface area contributed by atoms with Crippen LogP contribution in [0, 0.1) is 5.41 Å². The lowest BCUT2D eigenvalue weighted by atomic mass is 9.97. The molecule has 1 rings (SSSR count). The van der Waals surface area contributed by atoms with E-state index in [-0.39, 0.29) is 36.5 Å². The van der Waals surface area contributed by atoms with Gasteiger partial charge in [0, 0.05) is 12.5 Å². The third-order valence-corrected chi connectivity index (χ3v) is 3.62. The minimum Gasteiger partial charge on any atom is -0.486 e. The molecule has 0 fully saturated rings. The van der Waals surface area contributed by atoms with Crippen molar-refractivity contribution in [2.24, 2.45) is 5.41 Å². The highest BCUT2D eigenvalue weighted by Gasteiger charge is 2.23. The molecule has 0 aromatic carbocycles. The lowest BCUT2D eigenvalue weighted by Crippen LogP contribution is -2.23. The number of rotatable bonds is 11. The third-order valence-electron chi connectivity index (χ3n) is 3.62. The zero-order chi connectivity index (χ0) is 21.2. The van der Waals surface area contributed by atoms with E-state index in [4.69, 9.17) is 18.6 Å². The number of hydrogen-bond donors (Lipinski definition) is 0. The van der Waals surface area contributed by atoms with Gasteiger partial charge in [-0.25, -0.2) is 0 Å². The molecule has 0 unspecified atom stereocenters. The van der Waals surface area contributed by atoms with Gasteiger partial charge in [-0.1, -0.05) is 0 Å². The Balaban J connectivity index is 2.57. The minimum atomic E-state index is -0.690. The van der Waals surface area contributed by atoms with Gasteiger partial charge in [-0.3, -0.25) is 19.2 Å². The van der Waals surface area contributed by atoms with E-state index in [0.29, 0.717) is 38.6 Å². The van der Waals surface area contributed by atoms with Crippen LogP contribution in [0.3, 0.4) is 0 Å². The van der Waals surface area contributed by atoms with Gasteiger partial charge in [0.2, 0.25) is 16.9 Å². The molecule has 1 aromatic rings. The van der Waals surface area contributed by atoms with E-state index in [0.717, 1.165) is 6.07 Å². The minimum absolute atomic E-state index is 0.0616. The quantitative estimate of drug-likeness (QED) is 0.319. The molecule has 8 heteroatoms. The number of aldehydes is 1. The highest BCUT2D eigenvalue weighted by molar-refractivity contribution is 5.75. The van der Waals surface area contributed by atoms with Crippen LogP contribution in [0.1, 0.15) is 69.7 Å². The first-order chi connectivity index (χ1) is 13.2. The summed E-state index contributed by atoms with van der Waals surface area (Å²) in [6, 6.07) is 1.14. The van der Waals surface area contributed by atoms with Gasteiger partial charge in [0.15, 0.2) is 6.29 Å². The van der Waals surface area contributed by atoms with Crippen LogP contribution >= 0.6 is 0 Å². The van der Waals surface area contributed by atoms with Crippen molar-refractivity contribution in [2.75, 3.05) is 13.2 Å². The van der Waals surface area contributed by atoms with Crippen molar-refractivity contribution in [2.45, 2.75) is 60.0 Å². The first-order valence-corrected chi connectivity index (χ1v) is 9.26. The standard InChI is InChI=1S/C20H28O8/c1-5-25-17(23)9-7-6-8-10-26-18-15(22)11-14(28-16(18)12-21)13-27-19(24)20(2,3)4/h11-12H,5-10,13H2,1-4H3. The van der Waals surface area contributed by atoms with Crippen LogP contribution < -0.4 is 10.2 Å². The van der Waals surface area contributed by atoms with E-state index in [1.165, 1.54) is 0 Å². The van der Waals surface area contributed by atoms with Crippen molar-refractivity contribution in [3.63, 3.8) is 0 Å². The second kappa shape index (κ2) is 11.3. The average molecular weight is 396 g/mol. The van der Waals surface area contributed by atoms with Crippen LogP contribution in [0.25, 0.3) is 0 Å². The molecule has 0 aliphatic rings. The normalized spacial score (nSPS) is 11.0. The summed E-state index contributed by atoms with van der Waals surface area (Å²) in [6.07, 6.45) is 2.67. The Hall–Kier alpha value is -2.64. The molecule has 0 atom stereocenters. The molecule has 0 radical (unpaired) electrons. The molecule has 0 amide bonds. The average Bonchev–Trinajstić information content (AvgIpc) is 2.62. The second-order valence-electron chi connectivity index (χ2n) is 7.18. The summed E-state index contributed by atoms with van der Waals surface area (Å²) in [5.74, 6) is -1.06. The van der Waals surface area contributed by atoms with Crippen LogP contribution in [0.4, 0.5) is 0 Å². The van der Waals surface area contributed by atoms with Crippen LogP contribution in [0.15, 0.2) is 15.3 Å². The van der Waals surface area contributed by atoms with Crippen molar-refractivity contribution in [3.8, 4) is 5.75 Å². The highest BCUT2D eigenvalue weighted by Crippen LogP contribution is 2.18. The van der Waals surface area contributed by atoms with Crippen LogP contribution in [0.2, 0.25) is 0 Å². The number of carbonyl (C=O) groups is 3. The summed E-state index contributed by atoms with van der Waals surface area (Å²) in [5, 5.41) is 0. The predicted octanol–water partition coefficient (Wildman–Crippen LogP) is 3.04. The van der Waals surface area contributed by atoms with E-state index < -0.39 is 16.8 Å². The van der Waals surface area contributed by atoms with E-state index in [1.807, 2.05) is 0 Å². The Kier molecular flexibility index (Phi) is 9.41. The fourth-order valence-electron chi connectivity index (χ4n) is 2.15. The molecule has 1 aromatic heterocycles. The molecule has 0 saturated carbocycles. The Labute approximate surface area is 164 Å². The van der Waals surface area contributed by atoms with E-state index in [2.05, 4.69) is 0 Å². The predicted molar refractivity (Wildman–Crippen MR) is 100 cm³/mol. The van der Waals surface area contributed by atoms with E-state index in [9.17, 15) is 19.2 Å². The van der Waals surface area contributed by atoms with Crippen LogP contribution in [-0.4, -0.2) is 31.4 Å². The summed E-state index contributed by atoms with van der Waals surface area (Å²) < 4.78 is 20.6. The number of carbonyl (C=O) groups excluding carboxylic acids is 3. The monoisotopic (exact) mass is 396 g/mol. The smallest absolute Gasteiger partial charge is 0.311 e. The number of unbranched alkanes of at least 4 members (excludes halogenated alkanes) is 2. The number of ether oxygens (including phenoxy) is 3. The molecule has 0 aliphatic heterocycles. The lowest BCUT2D eigenvalue weighted by molar-refractivity contribution is -0.154. The number of esters is 2. The van der Waals surface area contributed by atoms with Gasteiger partial charge in [0.05, 0.1) is 18.6 Å². The van der Waals surface area contributed by atoms with Gasteiger partial charge in [0.25, 0.3) is 0 Å². The maximum absolute atomic E-state index is 12.2. The molecule has 0 N–H and O–H groups in total. The van der Waals surface area contributed by atoms with Gasteiger partial charge in [-0.05, 0) is 47.0 Å². The topological polar surface area (TPSA) is 109 Å². The van der Waals surface area contributed by atoms with Gasteiger partial charge < -0.3 is 18.6 Å². The highest BCUT2D eigenvalue weighted by atomic mass is 16.5. The fraction of sp³-hybridized carbons (Fsp3) is 0.600. The van der Waals surface area contributed by atoms with Crippen LogP contribution in [0.5, 0.6) is 5.75 Å². The first-order valence-electron chi connectivity index (χ1n) is 9.26.